The fourth-order valence-electron chi connectivity index (χ4n) is 2.90. The summed E-state index contributed by atoms with van der Waals surface area (Å²) in [6.45, 7) is 0. The van der Waals surface area contributed by atoms with Crippen LogP contribution in [0.25, 0.3) is 0 Å². The summed E-state index contributed by atoms with van der Waals surface area (Å²) in [5.41, 5.74) is 3.83. The maximum Gasteiger partial charge on any atom is 0.0886 e. The lowest BCUT2D eigenvalue weighted by Crippen LogP contribution is -2.49. The van der Waals surface area contributed by atoms with Crippen LogP contribution in [0, 0.1) is 0 Å². The van der Waals surface area contributed by atoms with Gasteiger partial charge in [0.1, 0.15) is 0 Å². The molecule has 1 aliphatic carbocycles. The van der Waals surface area contributed by atoms with E-state index in [0.29, 0.717) is 0 Å². The highest BCUT2D eigenvalue weighted by Crippen LogP contribution is 2.40. The number of ether oxygens (including phenoxy) is 1. The molecule has 2 rings (SSSR count). The lowest BCUT2D eigenvalue weighted by Gasteiger charge is -2.41. The third-order valence-electron chi connectivity index (χ3n) is 3.86. The minimum Gasteiger partial charge on any atom is -0.376 e. The van der Waals surface area contributed by atoms with Crippen molar-refractivity contribution in [2.24, 2.45) is 12.9 Å². The predicted molar refractivity (Wildman–Crippen MR) is 66.1 cm³/mol. The molecule has 0 bridgehead atoms. The molecule has 0 amide bonds. The lowest BCUT2D eigenvalue weighted by molar-refractivity contribution is -0.0688. The van der Waals surface area contributed by atoms with Crippen molar-refractivity contribution in [3.05, 3.63) is 18.0 Å². The van der Waals surface area contributed by atoms with Crippen LogP contribution >= 0.6 is 0 Å². The van der Waals surface area contributed by atoms with E-state index in [4.69, 9.17) is 10.6 Å². The summed E-state index contributed by atoms with van der Waals surface area (Å²) in [6.07, 6.45) is 9.65. The molecule has 1 fully saturated rings. The van der Waals surface area contributed by atoms with Crippen LogP contribution in [0.3, 0.4) is 0 Å². The van der Waals surface area contributed by atoms with Crippen molar-refractivity contribution < 1.29 is 4.74 Å². The number of hydrazine groups is 1. The van der Waals surface area contributed by atoms with Crippen molar-refractivity contribution in [1.29, 1.82) is 0 Å². The van der Waals surface area contributed by atoms with Crippen molar-refractivity contribution >= 4 is 0 Å². The highest BCUT2D eigenvalue weighted by Gasteiger charge is 2.41. The minimum atomic E-state index is -0.184. The zero-order valence-corrected chi connectivity index (χ0v) is 10.6. The first-order valence-electron chi connectivity index (χ1n) is 6.22. The van der Waals surface area contributed by atoms with E-state index in [9.17, 15) is 0 Å². The molecule has 1 aromatic rings. The van der Waals surface area contributed by atoms with E-state index in [-0.39, 0.29) is 11.6 Å². The molecular formula is C12H22N4O. The minimum absolute atomic E-state index is 0.0153. The summed E-state index contributed by atoms with van der Waals surface area (Å²) in [6, 6.07) is 0.0153. The quantitative estimate of drug-likeness (QED) is 0.612. The molecule has 0 aliphatic heterocycles. The molecule has 0 saturated heterocycles. The second-order valence-corrected chi connectivity index (χ2v) is 4.88. The van der Waals surface area contributed by atoms with Gasteiger partial charge in [-0.25, -0.2) is 5.43 Å². The predicted octanol–water partition coefficient (Wildman–Crippen LogP) is 1.27. The first kappa shape index (κ1) is 12.5. The molecular weight excluding hydrogens is 216 g/mol. The van der Waals surface area contributed by atoms with Crippen LogP contribution in [0.1, 0.15) is 43.7 Å². The Kier molecular flexibility index (Phi) is 3.81. The maximum absolute atomic E-state index is 5.82. The summed E-state index contributed by atoms with van der Waals surface area (Å²) in [7, 11) is 3.70. The Morgan fingerprint density at radius 3 is 2.65 bits per heavy atom. The van der Waals surface area contributed by atoms with Crippen molar-refractivity contribution in [2.75, 3.05) is 7.11 Å². The van der Waals surface area contributed by atoms with Gasteiger partial charge in [0, 0.05) is 25.9 Å². The summed E-state index contributed by atoms with van der Waals surface area (Å²) >= 11 is 0. The van der Waals surface area contributed by atoms with Crippen LogP contribution < -0.4 is 11.3 Å². The molecule has 96 valence electrons. The number of methoxy groups -OCH3 is 1. The van der Waals surface area contributed by atoms with Gasteiger partial charge >= 0.3 is 0 Å². The van der Waals surface area contributed by atoms with E-state index in [0.717, 1.165) is 18.4 Å². The van der Waals surface area contributed by atoms with E-state index >= 15 is 0 Å². The van der Waals surface area contributed by atoms with Crippen LogP contribution in [0.15, 0.2) is 12.4 Å². The molecule has 1 saturated carbocycles. The van der Waals surface area contributed by atoms with E-state index in [1.807, 2.05) is 19.4 Å². The van der Waals surface area contributed by atoms with Gasteiger partial charge in [0.25, 0.3) is 0 Å². The summed E-state index contributed by atoms with van der Waals surface area (Å²) < 4.78 is 7.61. The van der Waals surface area contributed by atoms with Gasteiger partial charge < -0.3 is 4.74 Å². The van der Waals surface area contributed by atoms with Gasteiger partial charge in [-0.15, -0.1) is 0 Å². The fourth-order valence-corrected chi connectivity index (χ4v) is 2.90. The van der Waals surface area contributed by atoms with Gasteiger partial charge in [-0.1, -0.05) is 19.3 Å². The topological polar surface area (TPSA) is 65.1 Å². The summed E-state index contributed by atoms with van der Waals surface area (Å²) in [5.74, 6) is 5.74. The second kappa shape index (κ2) is 5.16. The van der Waals surface area contributed by atoms with Gasteiger partial charge in [0.2, 0.25) is 0 Å². The normalized spacial score (nSPS) is 21.4. The second-order valence-electron chi connectivity index (χ2n) is 4.88. The molecule has 3 N–H and O–H groups in total. The van der Waals surface area contributed by atoms with Crippen LogP contribution in [-0.2, 0) is 11.8 Å². The van der Waals surface area contributed by atoms with Crippen molar-refractivity contribution in [2.45, 2.75) is 43.7 Å². The average molecular weight is 238 g/mol. The van der Waals surface area contributed by atoms with Gasteiger partial charge in [-0.05, 0) is 12.8 Å². The van der Waals surface area contributed by atoms with Crippen LogP contribution in [0.4, 0.5) is 0 Å². The number of nitrogens with one attached hydrogen (secondary N) is 1. The Hall–Kier alpha value is -0.910. The Balaban J connectivity index is 2.26. The molecule has 5 nitrogen and oxygen atoms in total. The number of hydrogen-bond donors (Lipinski definition) is 2. The SMILES string of the molecule is COC1(C(NN)c2cnn(C)c2)CCCCC1. The van der Waals surface area contributed by atoms with Crippen molar-refractivity contribution in [3.63, 3.8) is 0 Å². The Morgan fingerprint density at radius 2 is 2.18 bits per heavy atom. The lowest BCUT2D eigenvalue weighted by atomic mass is 9.77. The molecule has 1 atom stereocenters. The third kappa shape index (κ3) is 2.36. The highest BCUT2D eigenvalue weighted by atomic mass is 16.5. The Morgan fingerprint density at radius 1 is 1.47 bits per heavy atom. The zero-order valence-electron chi connectivity index (χ0n) is 10.6. The van der Waals surface area contributed by atoms with Gasteiger partial charge in [0.15, 0.2) is 0 Å². The third-order valence-corrected chi connectivity index (χ3v) is 3.86. The molecule has 1 aliphatic rings. The van der Waals surface area contributed by atoms with Crippen molar-refractivity contribution in [3.8, 4) is 0 Å². The van der Waals surface area contributed by atoms with Gasteiger partial charge in [0.05, 0.1) is 17.8 Å². The summed E-state index contributed by atoms with van der Waals surface area (Å²) in [5, 5.41) is 4.21. The number of rotatable bonds is 4. The number of aryl methyl sites for hydroxylation is 1. The number of nitrogens with zero attached hydrogens (tertiary/aromatic N) is 2. The maximum atomic E-state index is 5.82. The molecule has 1 heterocycles. The Labute approximate surface area is 102 Å². The zero-order chi connectivity index (χ0) is 12.3. The number of aromatic nitrogens is 2. The first-order chi connectivity index (χ1) is 8.22. The molecule has 17 heavy (non-hydrogen) atoms. The largest absolute Gasteiger partial charge is 0.376 e. The van der Waals surface area contributed by atoms with Crippen LogP contribution in [0.2, 0.25) is 0 Å². The summed E-state index contributed by atoms with van der Waals surface area (Å²) in [4.78, 5) is 0. The number of nitrogens with two attached hydrogens (primary N) is 1. The smallest absolute Gasteiger partial charge is 0.0886 e. The molecule has 0 radical (unpaired) electrons. The number of hydrogen-bond acceptors (Lipinski definition) is 4. The first-order valence-corrected chi connectivity index (χ1v) is 6.22. The molecule has 0 aromatic carbocycles. The highest BCUT2D eigenvalue weighted by molar-refractivity contribution is 5.16. The standard InChI is InChI=1S/C12H22N4O/c1-16-9-10(8-14-16)11(15-13)12(17-2)6-4-3-5-7-12/h8-9,11,15H,3-7,13H2,1-2H3. The average Bonchev–Trinajstić information content (AvgIpc) is 2.78. The van der Waals surface area contributed by atoms with Crippen molar-refractivity contribution in [1.82, 2.24) is 15.2 Å². The van der Waals surface area contributed by atoms with E-state index in [2.05, 4.69) is 10.5 Å². The monoisotopic (exact) mass is 238 g/mol. The molecule has 5 heteroatoms. The molecule has 1 unspecified atom stereocenters. The molecule has 1 aromatic heterocycles. The van der Waals surface area contributed by atoms with Crippen LogP contribution in [0.5, 0.6) is 0 Å². The van der Waals surface area contributed by atoms with Gasteiger partial charge in [-0.3, -0.25) is 10.5 Å². The molecule has 0 spiro atoms. The Bertz CT molecular complexity index is 357. The van der Waals surface area contributed by atoms with E-state index in [1.165, 1.54) is 19.3 Å². The fraction of sp³-hybridized carbons (Fsp3) is 0.750. The van der Waals surface area contributed by atoms with Crippen LogP contribution in [-0.4, -0.2) is 22.5 Å². The van der Waals surface area contributed by atoms with E-state index in [1.54, 1.807) is 11.8 Å². The van der Waals surface area contributed by atoms with E-state index < -0.39 is 0 Å². The van der Waals surface area contributed by atoms with Gasteiger partial charge in [-0.2, -0.15) is 5.10 Å².